The second kappa shape index (κ2) is 9.91. The van der Waals surface area contributed by atoms with Crippen molar-refractivity contribution in [1.82, 2.24) is 30.0 Å². The molecule has 2 aromatic carbocycles. The number of pyridine rings is 1. The number of aromatic amines is 1. The molecular formula is C27H26N6O3. The molecule has 3 N–H and O–H groups in total. The summed E-state index contributed by atoms with van der Waals surface area (Å²) < 4.78 is 7.22. The normalized spacial score (nSPS) is 11.9. The maximum atomic E-state index is 12.8. The van der Waals surface area contributed by atoms with Crippen LogP contribution in [0.4, 0.5) is 0 Å². The summed E-state index contributed by atoms with van der Waals surface area (Å²) in [5.41, 5.74) is 4.09. The number of nitrogens with one attached hydrogen (secondary N) is 2. The minimum atomic E-state index is -0.158. The number of ether oxygens (including phenoxy) is 1. The molecule has 3 heterocycles. The summed E-state index contributed by atoms with van der Waals surface area (Å²) >= 11 is 0. The summed E-state index contributed by atoms with van der Waals surface area (Å²) in [6.07, 6.45) is 6.07. The summed E-state index contributed by atoms with van der Waals surface area (Å²) in [6.45, 7) is 2.70. The van der Waals surface area contributed by atoms with E-state index in [0.717, 1.165) is 24.1 Å². The molecule has 0 fully saturated rings. The van der Waals surface area contributed by atoms with Crippen molar-refractivity contribution in [2.24, 2.45) is 0 Å². The number of aromatic nitrogens is 5. The van der Waals surface area contributed by atoms with E-state index in [1.165, 1.54) is 0 Å². The van der Waals surface area contributed by atoms with Crippen molar-refractivity contribution in [3.05, 3.63) is 78.8 Å². The molecule has 9 heteroatoms. The van der Waals surface area contributed by atoms with Crippen LogP contribution in [0.25, 0.3) is 33.5 Å². The number of phenols is 1. The van der Waals surface area contributed by atoms with Gasteiger partial charge < -0.3 is 20.1 Å². The Labute approximate surface area is 207 Å². The zero-order chi connectivity index (χ0) is 25.1. The van der Waals surface area contributed by atoms with Gasteiger partial charge in [-0.25, -0.2) is 9.97 Å². The maximum absolute atomic E-state index is 12.8. The van der Waals surface area contributed by atoms with Crippen LogP contribution in [0.2, 0.25) is 0 Å². The Morgan fingerprint density at radius 3 is 2.83 bits per heavy atom. The number of methoxy groups -OCH3 is 1. The molecule has 0 saturated carbocycles. The van der Waals surface area contributed by atoms with Crippen LogP contribution in [0.1, 0.15) is 23.7 Å². The summed E-state index contributed by atoms with van der Waals surface area (Å²) in [4.78, 5) is 25.0. The van der Waals surface area contributed by atoms with Gasteiger partial charge in [-0.05, 0) is 67.4 Å². The van der Waals surface area contributed by atoms with E-state index in [1.807, 2.05) is 42.1 Å². The number of hydrogen-bond acceptors (Lipinski definition) is 6. The third-order valence-corrected chi connectivity index (χ3v) is 6.00. The Balaban J connectivity index is 1.37. The second-order valence-corrected chi connectivity index (χ2v) is 8.54. The number of phenolic OH excluding ortho intramolecular Hbond substituents is 1. The van der Waals surface area contributed by atoms with E-state index in [0.29, 0.717) is 33.9 Å². The number of imidazole rings is 1. The molecule has 0 aliphatic rings. The molecule has 0 aliphatic carbocycles. The molecule has 0 bridgehead atoms. The summed E-state index contributed by atoms with van der Waals surface area (Å²) in [5, 5.41) is 17.8. The number of rotatable bonds is 8. The lowest BCUT2D eigenvalue weighted by molar-refractivity contribution is 0.0937. The highest BCUT2D eigenvalue weighted by Gasteiger charge is 2.16. The van der Waals surface area contributed by atoms with E-state index in [-0.39, 0.29) is 17.7 Å². The van der Waals surface area contributed by atoms with Crippen molar-refractivity contribution in [1.29, 1.82) is 0 Å². The molecule has 36 heavy (non-hydrogen) atoms. The lowest BCUT2D eigenvalue weighted by atomic mass is 10.0. The molecule has 0 radical (unpaired) electrons. The first-order valence-electron chi connectivity index (χ1n) is 11.6. The predicted octanol–water partition coefficient (Wildman–Crippen LogP) is 4.41. The van der Waals surface area contributed by atoms with Gasteiger partial charge in [-0.2, -0.15) is 5.10 Å². The molecule has 0 saturated heterocycles. The number of aryl methyl sites for hydroxylation is 1. The Bertz CT molecular complexity index is 1510. The molecule has 0 spiro atoms. The van der Waals surface area contributed by atoms with Crippen LogP contribution in [0, 0.1) is 0 Å². The van der Waals surface area contributed by atoms with Gasteiger partial charge in [0, 0.05) is 42.3 Å². The van der Waals surface area contributed by atoms with Crippen LogP contribution >= 0.6 is 0 Å². The van der Waals surface area contributed by atoms with Gasteiger partial charge in [0.25, 0.3) is 5.91 Å². The molecule has 182 valence electrons. The first-order valence-corrected chi connectivity index (χ1v) is 11.6. The molecule has 5 rings (SSSR count). The van der Waals surface area contributed by atoms with Gasteiger partial charge in [0.1, 0.15) is 11.6 Å². The van der Waals surface area contributed by atoms with Crippen LogP contribution in [0.3, 0.4) is 0 Å². The largest absolute Gasteiger partial charge is 0.507 e. The van der Waals surface area contributed by atoms with E-state index >= 15 is 0 Å². The lowest BCUT2D eigenvalue weighted by Crippen LogP contribution is -2.33. The van der Waals surface area contributed by atoms with Crippen LogP contribution < -0.4 is 10.1 Å². The molecule has 1 atom stereocenters. The highest BCUT2D eigenvalue weighted by molar-refractivity contribution is 5.98. The Morgan fingerprint density at radius 2 is 2.03 bits per heavy atom. The number of hydrogen-bond donors (Lipinski definition) is 3. The van der Waals surface area contributed by atoms with Crippen molar-refractivity contribution < 1.29 is 14.6 Å². The Kier molecular flexibility index (Phi) is 6.36. The molecule has 3 aromatic heterocycles. The number of aromatic hydroxyl groups is 1. The quantitative estimate of drug-likeness (QED) is 0.302. The number of carbonyl (C=O) groups is 1. The van der Waals surface area contributed by atoms with Gasteiger partial charge >= 0.3 is 0 Å². The number of benzene rings is 2. The highest BCUT2D eigenvalue weighted by atomic mass is 16.5. The number of nitrogens with zero attached hydrogens (tertiary/aromatic N) is 4. The molecule has 5 aromatic rings. The second-order valence-electron chi connectivity index (χ2n) is 8.54. The minimum absolute atomic E-state index is 0.0149. The van der Waals surface area contributed by atoms with Crippen molar-refractivity contribution in [2.45, 2.75) is 25.9 Å². The molecule has 9 nitrogen and oxygen atoms in total. The van der Waals surface area contributed by atoms with Gasteiger partial charge in [0.2, 0.25) is 5.88 Å². The van der Waals surface area contributed by atoms with Gasteiger partial charge in [0.15, 0.2) is 0 Å². The zero-order valence-corrected chi connectivity index (χ0v) is 20.0. The first kappa shape index (κ1) is 23.1. The van der Waals surface area contributed by atoms with E-state index in [2.05, 4.69) is 25.4 Å². The standard InChI is InChI=1S/C27H26N6O3/c1-17(10-14-33-13-4-12-29-33)30-26(35)19-6-8-22-23(16-19)32-25(31-22)21-15-18(7-9-24(21)34)20-5-3-11-28-27(20)36-2/h3-9,11-13,15-17,34H,10,14H2,1-2H3,(H,30,35)(H,31,32). The van der Waals surface area contributed by atoms with Gasteiger partial charge in [-0.1, -0.05) is 6.07 Å². The van der Waals surface area contributed by atoms with E-state index in [1.54, 1.807) is 49.8 Å². The number of carbonyl (C=O) groups excluding carboxylic acids is 1. The van der Waals surface area contributed by atoms with E-state index in [9.17, 15) is 9.90 Å². The van der Waals surface area contributed by atoms with Crippen molar-refractivity contribution in [2.75, 3.05) is 7.11 Å². The van der Waals surface area contributed by atoms with Gasteiger partial charge in [-0.3, -0.25) is 9.48 Å². The SMILES string of the molecule is COc1ncccc1-c1ccc(O)c(-c2nc3ccc(C(=O)NC(C)CCn4cccn4)cc3[nH]2)c1. The monoisotopic (exact) mass is 482 g/mol. The lowest BCUT2D eigenvalue weighted by Gasteiger charge is -2.14. The smallest absolute Gasteiger partial charge is 0.251 e. The van der Waals surface area contributed by atoms with Crippen LogP contribution in [-0.4, -0.2) is 48.9 Å². The third kappa shape index (κ3) is 4.76. The molecule has 0 aliphatic heterocycles. The number of amides is 1. The minimum Gasteiger partial charge on any atom is -0.507 e. The fourth-order valence-electron chi connectivity index (χ4n) is 4.08. The van der Waals surface area contributed by atoms with Crippen LogP contribution in [0.5, 0.6) is 11.6 Å². The van der Waals surface area contributed by atoms with Gasteiger partial charge in [-0.15, -0.1) is 0 Å². The maximum Gasteiger partial charge on any atom is 0.251 e. The summed E-state index contributed by atoms with van der Waals surface area (Å²) in [6, 6.07) is 16.2. The van der Waals surface area contributed by atoms with Crippen LogP contribution in [0.15, 0.2) is 73.2 Å². The fourth-order valence-corrected chi connectivity index (χ4v) is 4.08. The van der Waals surface area contributed by atoms with Gasteiger partial charge in [0.05, 0.1) is 23.7 Å². The highest BCUT2D eigenvalue weighted by Crippen LogP contribution is 2.35. The molecule has 1 amide bonds. The first-order chi connectivity index (χ1) is 17.5. The topological polar surface area (TPSA) is 118 Å². The average Bonchev–Trinajstić information content (AvgIpc) is 3.57. The van der Waals surface area contributed by atoms with Crippen molar-refractivity contribution >= 4 is 16.9 Å². The summed E-state index contributed by atoms with van der Waals surface area (Å²) in [5.74, 6) is 0.921. The summed E-state index contributed by atoms with van der Waals surface area (Å²) in [7, 11) is 1.57. The predicted molar refractivity (Wildman–Crippen MR) is 137 cm³/mol. The number of fused-ring (bicyclic) bond motifs is 1. The van der Waals surface area contributed by atoms with E-state index < -0.39 is 0 Å². The van der Waals surface area contributed by atoms with Crippen molar-refractivity contribution in [3.8, 4) is 34.1 Å². The Hall–Kier alpha value is -4.66. The van der Waals surface area contributed by atoms with Crippen LogP contribution in [-0.2, 0) is 6.54 Å². The molecular weight excluding hydrogens is 456 g/mol. The fraction of sp³-hybridized carbons (Fsp3) is 0.185. The third-order valence-electron chi connectivity index (χ3n) is 6.00. The average molecular weight is 483 g/mol. The zero-order valence-electron chi connectivity index (χ0n) is 20.0. The number of H-pyrrole nitrogens is 1. The van der Waals surface area contributed by atoms with Crippen molar-refractivity contribution in [3.63, 3.8) is 0 Å². The van der Waals surface area contributed by atoms with E-state index in [4.69, 9.17) is 4.74 Å². The Morgan fingerprint density at radius 1 is 1.14 bits per heavy atom. The molecule has 1 unspecified atom stereocenters.